The highest BCUT2D eigenvalue weighted by atomic mass is 19.1. The molecule has 29 heavy (non-hydrogen) atoms. The molecular weight excluding hydrogens is 367 g/mol. The van der Waals surface area contributed by atoms with Crippen LogP contribution in [0.15, 0.2) is 65.2 Å². The van der Waals surface area contributed by atoms with Gasteiger partial charge in [0.25, 0.3) is 5.91 Å². The number of nitrogens with zero attached hydrogens (tertiary/aromatic N) is 2. The zero-order chi connectivity index (χ0) is 20.5. The molecule has 4 aromatic rings. The zero-order valence-electron chi connectivity index (χ0n) is 16.6. The quantitative estimate of drug-likeness (QED) is 0.448. The van der Waals surface area contributed by atoms with Gasteiger partial charge in [0.15, 0.2) is 5.76 Å². The normalized spacial score (nSPS) is 11.0. The van der Waals surface area contributed by atoms with Crippen LogP contribution in [0, 0.1) is 26.6 Å². The number of benzene rings is 2. The fraction of sp³-hybridized carbons (Fsp3) is 0.167. The van der Waals surface area contributed by atoms with E-state index in [2.05, 4.69) is 4.98 Å². The monoisotopic (exact) mass is 388 g/mol. The summed E-state index contributed by atoms with van der Waals surface area (Å²) in [6.07, 6.45) is 1.61. The van der Waals surface area contributed by atoms with Crippen molar-refractivity contribution in [1.82, 2.24) is 4.98 Å². The lowest BCUT2D eigenvalue weighted by Crippen LogP contribution is -2.31. The Labute approximate surface area is 168 Å². The fourth-order valence-electron chi connectivity index (χ4n) is 3.37. The van der Waals surface area contributed by atoms with Crippen molar-refractivity contribution in [3.8, 4) is 0 Å². The Kier molecular flexibility index (Phi) is 4.89. The third-order valence-corrected chi connectivity index (χ3v) is 5.20. The van der Waals surface area contributed by atoms with E-state index in [4.69, 9.17) is 4.42 Å². The number of carbonyl (C=O) groups is 1. The van der Waals surface area contributed by atoms with Crippen molar-refractivity contribution in [2.45, 2.75) is 27.3 Å². The lowest BCUT2D eigenvalue weighted by molar-refractivity contribution is 0.0958. The first-order valence-electron chi connectivity index (χ1n) is 9.42. The number of rotatable bonds is 4. The van der Waals surface area contributed by atoms with Gasteiger partial charge in [-0.3, -0.25) is 9.69 Å². The SMILES string of the molecule is Cc1cc2oc(C(=O)N(Cc3ccccc3F)c3ccccn3)c(C)c2cc1C. The Hall–Kier alpha value is -3.47. The second-order valence-corrected chi connectivity index (χ2v) is 7.16. The molecule has 0 spiro atoms. The molecule has 0 bridgehead atoms. The lowest BCUT2D eigenvalue weighted by Gasteiger charge is -2.21. The summed E-state index contributed by atoms with van der Waals surface area (Å²) in [7, 11) is 0. The lowest BCUT2D eigenvalue weighted by atomic mass is 10.0. The predicted molar refractivity (Wildman–Crippen MR) is 112 cm³/mol. The van der Waals surface area contributed by atoms with Gasteiger partial charge in [-0.05, 0) is 62.2 Å². The highest BCUT2D eigenvalue weighted by molar-refractivity contribution is 6.07. The number of fused-ring (bicyclic) bond motifs is 1. The Morgan fingerprint density at radius 2 is 1.76 bits per heavy atom. The largest absolute Gasteiger partial charge is 0.451 e. The summed E-state index contributed by atoms with van der Waals surface area (Å²) in [5, 5.41) is 0.906. The Balaban J connectivity index is 1.81. The molecule has 0 saturated carbocycles. The molecule has 2 aromatic heterocycles. The number of amides is 1. The molecule has 1 amide bonds. The summed E-state index contributed by atoms with van der Waals surface area (Å²) in [4.78, 5) is 19.2. The number of halogens is 1. The maximum absolute atomic E-state index is 14.3. The van der Waals surface area contributed by atoms with Gasteiger partial charge in [-0.2, -0.15) is 0 Å². The van der Waals surface area contributed by atoms with E-state index in [-0.39, 0.29) is 24.0 Å². The summed E-state index contributed by atoms with van der Waals surface area (Å²) in [6.45, 7) is 5.96. The first kappa shape index (κ1) is 18.9. The molecule has 5 heteroatoms. The topological polar surface area (TPSA) is 46.3 Å². The first-order valence-corrected chi connectivity index (χ1v) is 9.42. The van der Waals surface area contributed by atoms with Crippen LogP contribution in [0.4, 0.5) is 10.2 Å². The fourth-order valence-corrected chi connectivity index (χ4v) is 3.37. The van der Waals surface area contributed by atoms with E-state index in [1.807, 2.05) is 32.9 Å². The number of hydrogen-bond donors (Lipinski definition) is 0. The third kappa shape index (κ3) is 3.51. The third-order valence-electron chi connectivity index (χ3n) is 5.20. The number of aromatic nitrogens is 1. The Morgan fingerprint density at radius 1 is 1.03 bits per heavy atom. The number of hydrogen-bond acceptors (Lipinski definition) is 3. The molecule has 0 atom stereocenters. The smallest absolute Gasteiger partial charge is 0.295 e. The van der Waals surface area contributed by atoms with Crippen LogP contribution in [0.3, 0.4) is 0 Å². The molecule has 0 N–H and O–H groups in total. The molecule has 4 rings (SSSR count). The van der Waals surface area contributed by atoms with Gasteiger partial charge in [0.2, 0.25) is 0 Å². The van der Waals surface area contributed by atoms with Gasteiger partial charge < -0.3 is 4.42 Å². The van der Waals surface area contributed by atoms with E-state index >= 15 is 0 Å². The van der Waals surface area contributed by atoms with Gasteiger partial charge in [0.05, 0.1) is 6.54 Å². The van der Waals surface area contributed by atoms with Crippen molar-refractivity contribution in [1.29, 1.82) is 0 Å². The van der Waals surface area contributed by atoms with Crippen molar-refractivity contribution >= 4 is 22.7 Å². The first-order chi connectivity index (χ1) is 14.0. The highest BCUT2D eigenvalue weighted by Gasteiger charge is 2.26. The van der Waals surface area contributed by atoms with Crippen LogP contribution in [0.25, 0.3) is 11.0 Å². The number of aryl methyl sites for hydroxylation is 3. The molecular formula is C24H21FN2O2. The molecule has 0 aliphatic heterocycles. The zero-order valence-corrected chi connectivity index (χ0v) is 16.6. The van der Waals surface area contributed by atoms with Crippen LogP contribution >= 0.6 is 0 Å². The second-order valence-electron chi connectivity index (χ2n) is 7.16. The molecule has 0 saturated heterocycles. The van der Waals surface area contributed by atoms with Gasteiger partial charge in [-0.1, -0.05) is 24.3 Å². The molecule has 0 fully saturated rings. The molecule has 0 aliphatic rings. The van der Waals surface area contributed by atoms with E-state index in [1.54, 1.807) is 42.6 Å². The van der Waals surface area contributed by atoms with Crippen LogP contribution in [0.1, 0.15) is 32.8 Å². The summed E-state index contributed by atoms with van der Waals surface area (Å²) >= 11 is 0. The summed E-state index contributed by atoms with van der Waals surface area (Å²) in [5.41, 5.74) is 4.07. The van der Waals surface area contributed by atoms with Crippen LogP contribution in [-0.4, -0.2) is 10.9 Å². The number of carbonyl (C=O) groups excluding carboxylic acids is 1. The van der Waals surface area contributed by atoms with E-state index < -0.39 is 0 Å². The predicted octanol–water partition coefficient (Wildman–Crippen LogP) is 5.74. The number of furan rings is 1. The van der Waals surface area contributed by atoms with E-state index in [0.717, 1.165) is 22.1 Å². The Bertz CT molecular complexity index is 1200. The molecule has 4 nitrogen and oxygen atoms in total. The Morgan fingerprint density at radius 3 is 2.48 bits per heavy atom. The minimum Gasteiger partial charge on any atom is -0.451 e. The van der Waals surface area contributed by atoms with Gasteiger partial charge >= 0.3 is 0 Å². The minimum absolute atomic E-state index is 0.0526. The summed E-state index contributed by atoms with van der Waals surface area (Å²) < 4.78 is 20.2. The average molecular weight is 388 g/mol. The molecule has 2 heterocycles. The molecule has 0 radical (unpaired) electrons. The van der Waals surface area contributed by atoms with Crippen molar-refractivity contribution in [2.24, 2.45) is 0 Å². The molecule has 0 unspecified atom stereocenters. The average Bonchev–Trinajstić information content (AvgIpc) is 3.03. The van der Waals surface area contributed by atoms with Crippen LogP contribution in [0.5, 0.6) is 0 Å². The van der Waals surface area contributed by atoms with E-state index in [9.17, 15) is 9.18 Å². The molecule has 146 valence electrons. The van der Waals surface area contributed by atoms with E-state index in [0.29, 0.717) is 17.0 Å². The molecule has 2 aromatic carbocycles. The van der Waals surface area contributed by atoms with Gasteiger partial charge in [-0.15, -0.1) is 0 Å². The summed E-state index contributed by atoms with van der Waals surface area (Å²) in [5.74, 6) is -0.0373. The maximum Gasteiger partial charge on any atom is 0.295 e. The highest BCUT2D eigenvalue weighted by Crippen LogP contribution is 2.30. The van der Waals surface area contributed by atoms with E-state index in [1.165, 1.54) is 11.0 Å². The number of pyridine rings is 1. The van der Waals surface area contributed by atoms with Crippen LogP contribution in [0.2, 0.25) is 0 Å². The van der Waals surface area contributed by atoms with Crippen molar-refractivity contribution < 1.29 is 13.6 Å². The van der Waals surface area contributed by atoms with Crippen LogP contribution < -0.4 is 4.90 Å². The molecule has 0 aliphatic carbocycles. The van der Waals surface area contributed by atoms with Gasteiger partial charge in [0.1, 0.15) is 17.2 Å². The van der Waals surface area contributed by atoms with Gasteiger partial charge in [0, 0.05) is 22.7 Å². The van der Waals surface area contributed by atoms with Gasteiger partial charge in [-0.25, -0.2) is 9.37 Å². The number of anilines is 1. The summed E-state index contributed by atoms with van der Waals surface area (Å²) in [6, 6.07) is 15.7. The minimum atomic E-state index is -0.367. The maximum atomic E-state index is 14.3. The van der Waals surface area contributed by atoms with Crippen molar-refractivity contribution in [3.05, 3.63) is 94.6 Å². The second kappa shape index (κ2) is 7.51. The standard InChI is InChI=1S/C24H21FN2O2/c1-15-12-19-17(3)23(29-21(19)13-16(15)2)24(28)27(22-10-6-7-11-26-22)14-18-8-4-5-9-20(18)25/h4-13H,14H2,1-3H3. The van der Waals surface area contributed by atoms with Crippen molar-refractivity contribution in [3.63, 3.8) is 0 Å². The van der Waals surface area contributed by atoms with Crippen molar-refractivity contribution in [2.75, 3.05) is 4.90 Å². The van der Waals surface area contributed by atoms with Crippen LogP contribution in [-0.2, 0) is 6.54 Å².